The molecule has 0 aliphatic carbocycles. The number of hydrogen-bond donors (Lipinski definition) is 0. The van der Waals surface area contributed by atoms with Crippen LogP contribution in [0.4, 0.5) is 0 Å². The topological polar surface area (TPSA) is 43.1 Å². The van der Waals surface area contributed by atoms with Gasteiger partial charge in [0, 0.05) is 29.1 Å². The fraction of sp³-hybridized carbons (Fsp3) is 0.120. The molecule has 0 radical (unpaired) electrons. The summed E-state index contributed by atoms with van der Waals surface area (Å²) in [6, 6.07) is 19.7. The molecule has 0 N–H and O–H groups in total. The Morgan fingerprint density at radius 1 is 1.00 bits per heavy atom. The number of aryl methyl sites for hydroxylation is 1. The third-order valence-corrected chi connectivity index (χ3v) is 5.89. The van der Waals surface area contributed by atoms with Crippen LogP contribution in [0.15, 0.2) is 79.1 Å². The summed E-state index contributed by atoms with van der Waals surface area (Å²) >= 11 is 6.20. The summed E-state index contributed by atoms with van der Waals surface area (Å²) in [5.41, 5.74) is 5.00. The summed E-state index contributed by atoms with van der Waals surface area (Å²) in [4.78, 5) is 14.7. The van der Waals surface area contributed by atoms with Gasteiger partial charge in [-0.3, -0.25) is 4.79 Å². The highest BCUT2D eigenvalue weighted by Crippen LogP contribution is 2.31. The van der Waals surface area contributed by atoms with Gasteiger partial charge in [0.25, 0.3) is 0 Å². The van der Waals surface area contributed by atoms with Crippen molar-refractivity contribution in [1.29, 1.82) is 0 Å². The van der Waals surface area contributed by atoms with Gasteiger partial charge in [-0.2, -0.15) is 5.10 Å². The largest absolute Gasteiger partial charge is 0.329 e. The normalized spacial score (nSPS) is 13.2. The van der Waals surface area contributed by atoms with Gasteiger partial charge in [0.2, 0.25) is 5.91 Å². The van der Waals surface area contributed by atoms with Crippen LogP contribution in [0.3, 0.4) is 0 Å². The van der Waals surface area contributed by atoms with Gasteiger partial charge >= 0.3 is 0 Å². The van der Waals surface area contributed by atoms with Crippen molar-refractivity contribution in [1.82, 2.24) is 19.2 Å². The molecule has 154 valence electrons. The smallest absolute Gasteiger partial charge is 0.247 e. The number of fused-ring (bicyclic) bond motifs is 1. The number of para-hydroxylation sites is 1. The van der Waals surface area contributed by atoms with Gasteiger partial charge in [-0.15, -0.1) is 0 Å². The third-order valence-electron chi connectivity index (χ3n) is 5.54. The van der Waals surface area contributed by atoms with Crippen molar-refractivity contribution in [2.75, 3.05) is 0 Å². The lowest BCUT2D eigenvalue weighted by molar-refractivity contribution is -0.126. The van der Waals surface area contributed by atoms with Gasteiger partial charge in [0.05, 0.1) is 24.5 Å². The molecule has 1 aliphatic rings. The maximum atomic E-state index is 12.9. The molecule has 0 spiro atoms. The number of carbonyl (C=O) groups excluding carboxylic acids is 1. The number of amides is 1. The van der Waals surface area contributed by atoms with Crippen molar-refractivity contribution in [3.63, 3.8) is 0 Å². The lowest BCUT2D eigenvalue weighted by Crippen LogP contribution is -2.24. The summed E-state index contributed by atoms with van der Waals surface area (Å²) in [6.45, 7) is 3.07. The molecule has 31 heavy (non-hydrogen) atoms. The standard InChI is InChI=1S/C25H21ClN4O/c1-18-8-2-5-11-23(18)30-25(28-14-6-7-15-28)20-16-29(17-22(20)27-30)24(31)13-12-19-9-3-4-10-21(19)26/h2-15H,16-17H2,1H3. The number of aromatic nitrogens is 3. The zero-order valence-corrected chi connectivity index (χ0v) is 17.8. The number of benzene rings is 2. The minimum atomic E-state index is -0.0567. The highest BCUT2D eigenvalue weighted by atomic mass is 35.5. The Labute approximate surface area is 185 Å². The fourth-order valence-electron chi connectivity index (χ4n) is 3.94. The molecule has 0 fully saturated rings. The van der Waals surface area contributed by atoms with E-state index in [1.54, 1.807) is 17.1 Å². The first-order valence-corrected chi connectivity index (χ1v) is 10.5. The van der Waals surface area contributed by atoms with Crippen LogP contribution in [0.25, 0.3) is 17.6 Å². The Bertz CT molecular complexity index is 1290. The second kappa shape index (κ2) is 7.93. The molecule has 0 bridgehead atoms. The molecule has 2 aromatic carbocycles. The Morgan fingerprint density at radius 2 is 1.74 bits per heavy atom. The van der Waals surface area contributed by atoms with E-state index in [1.165, 1.54) is 0 Å². The number of halogens is 1. The van der Waals surface area contributed by atoms with Crippen LogP contribution in [-0.4, -0.2) is 25.2 Å². The average Bonchev–Trinajstić information content (AvgIpc) is 3.49. The van der Waals surface area contributed by atoms with Crippen LogP contribution in [0.1, 0.15) is 22.4 Å². The van der Waals surface area contributed by atoms with Gasteiger partial charge < -0.3 is 9.47 Å². The van der Waals surface area contributed by atoms with Gasteiger partial charge in [0.15, 0.2) is 0 Å². The third kappa shape index (κ3) is 3.57. The van der Waals surface area contributed by atoms with E-state index < -0.39 is 0 Å². The van der Waals surface area contributed by atoms with Crippen LogP contribution in [0.5, 0.6) is 0 Å². The number of nitrogens with zero attached hydrogens (tertiary/aromatic N) is 4. The molecule has 0 atom stereocenters. The molecule has 1 amide bonds. The quantitative estimate of drug-likeness (QED) is 0.420. The molecule has 0 saturated heterocycles. The summed E-state index contributed by atoms with van der Waals surface area (Å²) in [6.07, 6.45) is 7.36. The maximum absolute atomic E-state index is 12.9. The van der Waals surface area contributed by atoms with Gasteiger partial charge in [-0.25, -0.2) is 4.68 Å². The van der Waals surface area contributed by atoms with E-state index >= 15 is 0 Å². The zero-order valence-electron chi connectivity index (χ0n) is 17.1. The van der Waals surface area contributed by atoms with Crippen molar-refractivity contribution in [2.45, 2.75) is 20.0 Å². The molecular formula is C25H21ClN4O. The first-order valence-electron chi connectivity index (χ1n) is 10.1. The summed E-state index contributed by atoms with van der Waals surface area (Å²) in [5, 5.41) is 5.53. The first-order chi connectivity index (χ1) is 15.1. The van der Waals surface area contributed by atoms with Gasteiger partial charge in [0.1, 0.15) is 5.82 Å². The van der Waals surface area contributed by atoms with E-state index in [0.29, 0.717) is 18.1 Å². The second-order valence-electron chi connectivity index (χ2n) is 7.59. The summed E-state index contributed by atoms with van der Waals surface area (Å²) < 4.78 is 4.05. The first kappa shape index (κ1) is 19.4. The molecule has 2 aromatic heterocycles. The molecule has 5 nitrogen and oxygen atoms in total. The monoisotopic (exact) mass is 428 g/mol. The molecule has 0 unspecified atom stereocenters. The number of carbonyl (C=O) groups is 1. The minimum Gasteiger partial charge on any atom is -0.329 e. The molecule has 1 aliphatic heterocycles. The fourth-order valence-corrected chi connectivity index (χ4v) is 4.14. The van der Waals surface area contributed by atoms with Crippen LogP contribution >= 0.6 is 11.6 Å². The Morgan fingerprint density at radius 3 is 2.52 bits per heavy atom. The van der Waals surface area contributed by atoms with E-state index in [0.717, 1.165) is 33.9 Å². The van der Waals surface area contributed by atoms with Crippen LogP contribution < -0.4 is 0 Å². The van der Waals surface area contributed by atoms with E-state index in [1.807, 2.05) is 65.6 Å². The van der Waals surface area contributed by atoms with Crippen LogP contribution in [0, 0.1) is 6.92 Å². The Balaban J connectivity index is 1.47. The van der Waals surface area contributed by atoms with Gasteiger partial charge in [-0.1, -0.05) is 48.0 Å². The zero-order chi connectivity index (χ0) is 21.4. The van der Waals surface area contributed by atoms with Crippen molar-refractivity contribution in [3.8, 4) is 11.5 Å². The minimum absolute atomic E-state index is 0.0567. The molecule has 0 saturated carbocycles. The Hall–Kier alpha value is -3.57. The van der Waals surface area contributed by atoms with Gasteiger partial charge in [-0.05, 0) is 48.4 Å². The average molecular weight is 429 g/mol. The van der Waals surface area contributed by atoms with Crippen LogP contribution in [0.2, 0.25) is 5.02 Å². The van der Waals surface area contributed by atoms with E-state index in [9.17, 15) is 4.79 Å². The molecule has 6 heteroatoms. The lowest BCUT2D eigenvalue weighted by atomic mass is 10.2. The van der Waals surface area contributed by atoms with Crippen molar-refractivity contribution in [2.24, 2.45) is 0 Å². The summed E-state index contributed by atoms with van der Waals surface area (Å²) in [7, 11) is 0. The van der Waals surface area contributed by atoms with E-state index in [4.69, 9.17) is 16.7 Å². The predicted molar refractivity (Wildman–Crippen MR) is 122 cm³/mol. The second-order valence-corrected chi connectivity index (χ2v) is 7.99. The highest BCUT2D eigenvalue weighted by molar-refractivity contribution is 6.32. The lowest BCUT2D eigenvalue weighted by Gasteiger charge is -2.16. The molecule has 4 aromatic rings. The highest BCUT2D eigenvalue weighted by Gasteiger charge is 2.30. The van der Waals surface area contributed by atoms with E-state index in [-0.39, 0.29) is 5.91 Å². The molecule has 5 rings (SSSR count). The predicted octanol–water partition coefficient (Wildman–Crippen LogP) is 5.18. The summed E-state index contributed by atoms with van der Waals surface area (Å²) in [5.74, 6) is 0.915. The Kier molecular flexibility index (Phi) is 4.96. The number of rotatable bonds is 4. The maximum Gasteiger partial charge on any atom is 0.247 e. The molecule has 3 heterocycles. The SMILES string of the molecule is Cc1ccccc1-n1nc2c(c1-n1cccc1)CN(C(=O)C=Cc1ccccc1Cl)C2. The van der Waals surface area contributed by atoms with Crippen LogP contribution in [-0.2, 0) is 17.9 Å². The van der Waals surface area contributed by atoms with Crippen molar-refractivity contribution < 1.29 is 4.79 Å². The van der Waals surface area contributed by atoms with Crippen molar-refractivity contribution >= 4 is 23.6 Å². The molecular weight excluding hydrogens is 408 g/mol. The number of hydrogen-bond acceptors (Lipinski definition) is 2. The van der Waals surface area contributed by atoms with E-state index in [2.05, 4.69) is 23.6 Å². The van der Waals surface area contributed by atoms with Crippen molar-refractivity contribution in [3.05, 3.63) is 107 Å².